The number of rotatable bonds is 9. The van der Waals surface area contributed by atoms with Crippen LogP contribution in [-0.4, -0.2) is 53.7 Å². The average molecular weight is 478 g/mol. The van der Waals surface area contributed by atoms with Gasteiger partial charge in [-0.05, 0) is 29.5 Å². The number of fused-ring (bicyclic) bond motifs is 1. The molecule has 0 aliphatic carbocycles. The zero-order valence-corrected chi connectivity index (χ0v) is 19.9. The number of carbonyl (C=O) groups excluding carboxylic acids is 1. The van der Waals surface area contributed by atoms with E-state index < -0.39 is 11.2 Å². The lowest BCUT2D eigenvalue weighted by atomic mass is 10.00. The van der Waals surface area contributed by atoms with Gasteiger partial charge in [0.05, 0.1) is 13.1 Å². The highest BCUT2D eigenvalue weighted by molar-refractivity contribution is 5.83. The Hall–Kier alpha value is -3.85. The number of hydrogen-bond acceptors (Lipinski definition) is 6. The van der Waals surface area contributed by atoms with Crippen molar-refractivity contribution >= 4 is 17.4 Å². The van der Waals surface area contributed by atoms with Crippen LogP contribution in [0.25, 0.3) is 0 Å². The van der Waals surface area contributed by atoms with Crippen LogP contribution in [-0.2, 0) is 29.0 Å². The lowest BCUT2D eigenvalue weighted by Crippen LogP contribution is -2.46. The van der Waals surface area contributed by atoms with E-state index in [0.29, 0.717) is 32.7 Å². The molecule has 0 saturated carbocycles. The summed E-state index contributed by atoms with van der Waals surface area (Å²) in [7, 11) is 1.60. The Morgan fingerprint density at radius 1 is 1.09 bits per heavy atom. The molecule has 0 atom stereocenters. The molecule has 1 aromatic heterocycles. The Kier molecular flexibility index (Phi) is 7.67. The fraction of sp³-hybridized carbons (Fsp3) is 0.346. The van der Waals surface area contributed by atoms with Crippen molar-refractivity contribution in [1.82, 2.24) is 14.5 Å². The molecule has 0 saturated heterocycles. The molecule has 9 nitrogen and oxygen atoms in total. The third-order valence-corrected chi connectivity index (χ3v) is 6.30. The van der Waals surface area contributed by atoms with Crippen LogP contribution in [0.1, 0.15) is 23.1 Å². The maximum atomic E-state index is 13.3. The van der Waals surface area contributed by atoms with Gasteiger partial charge in [-0.15, -0.1) is 0 Å². The van der Waals surface area contributed by atoms with Gasteiger partial charge >= 0.3 is 5.69 Å². The number of aromatic amines is 1. The molecule has 35 heavy (non-hydrogen) atoms. The summed E-state index contributed by atoms with van der Waals surface area (Å²) in [6.45, 7) is 2.16. The first-order chi connectivity index (χ1) is 17.0. The average Bonchev–Trinajstić information content (AvgIpc) is 2.86. The summed E-state index contributed by atoms with van der Waals surface area (Å²) >= 11 is 0. The molecular weight excluding hydrogens is 446 g/mol. The van der Waals surface area contributed by atoms with Crippen LogP contribution in [0.4, 0.5) is 11.5 Å². The molecule has 3 N–H and O–H groups in total. The quantitative estimate of drug-likeness (QED) is 0.453. The van der Waals surface area contributed by atoms with Crippen molar-refractivity contribution in [3.8, 4) is 0 Å². The molecule has 2 aromatic carbocycles. The van der Waals surface area contributed by atoms with Crippen molar-refractivity contribution in [1.29, 1.82) is 0 Å². The number of anilines is 2. The van der Waals surface area contributed by atoms with E-state index in [1.54, 1.807) is 16.9 Å². The van der Waals surface area contributed by atoms with Crippen LogP contribution in [0.15, 0.2) is 64.2 Å². The van der Waals surface area contributed by atoms with E-state index in [9.17, 15) is 14.4 Å². The molecule has 2 heterocycles. The molecule has 1 aliphatic rings. The van der Waals surface area contributed by atoms with Crippen LogP contribution >= 0.6 is 0 Å². The SMILES string of the molecule is COCCCN(CC(=O)N1CCc2ccccc2C1)c1c(N)n(Cc2ccccc2)c(=O)[nH]c1=O. The summed E-state index contributed by atoms with van der Waals surface area (Å²) < 4.78 is 6.51. The lowest BCUT2D eigenvalue weighted by Gasteiger charge is -2.32. The van der Waals surface area contributed by atoms with Crippen molar-refractivity contribution in [2.75, 3.05) is 44.0 Å². The van der Waals surface area contributed by atoms with Crippen LogP contribution in [0.5, 0.6) is 0 Å². The number of benzene rings is 2. The van der Waals surface area contributed by atoms with E-state index in [4.69, 9.17) is 10.5 Å². The van der Waals surface area contributed by atoms with Gasteiger partial charge in [0.15, 0.2) is 0 Å². The number of methoxy groups -OCH3 is 1. The van der Waals surface area contributed by atoms with Gasteiger partial charge in [-0.25, -0.2) is 4.79 Å². The molecule has 0 unspecified atom stereocenters. The number of amides is 1. The number of hydrogen-bond donors (Lipinski definition) is 2. The Bertz CT molecular complexity index is 1280. The summed E-state index contributed by atoms with van der Waals surface area (Å²) in [5.74, 6) is -0.0617. The van der Waals surface area contributed by atoms with Crippen molar-refractivity contribution in [3.05, 3.63) is 92.1 Å². The molecule has 0 fully saturated rings. The van der Waals surface area contributed by atoms with Crippen LogP contribution in [0.3, 0.4) is 0 Å². The Balaban J connectivity index is 1.62. The zero-order chi connectivity index (χ0) is 24.8. The van der Waals surface area contributed by atoms with Crippen LogP contribution in [0.2, 0.25) is 0 Å². The van der Waals surface area contributed by atoms with Crippen molar-refractivity contribution in [2.45, 2.75) is 25.9 Å². The molecule has 4 rings (SSSR count). The predicted molar refractivity (Wildman–Crippen MR) is 136 cm³/mol. The summed E-state index contributed by atoms with van der Waals surface area (Å²) in [6.07, 6.45) is 1.37. The molecule has 3 aromatic rings. The third-order valence-electron chi connectivity index (χ3n) is 6.30. The zero-order valence-electron chi connectivity index (χ0n) is 19.9. The standard InChI is InChI=1S/C26H31N5O4/c1-35-15-7-13-30(18-22(32)29-14-12-20-10-5-6-11-21(20)17-29)23-24(27)31(26(34)28-25(23)33)16-19-8-3-2-4-9-19/h2-6,8-11H,7,12-18,27H2,1H3,(H,28,33,34). The van der Waals surface area contributed by atoms with E-state index in [0.717, 1.165) is 17.5 Å². The smallest absolute Gasteiger partial charge is 0.330 e. The number of nitrogens with zero attached hydrogens (tertiary/aromatic N) is 3. The van der Waals surface area contributed by atoms with Crippen molar-refractivity contribution in [2.24, 2.45) is 0 Å². The fourth-order valence-electron chi connectivity index (χ4n) is 4.45. The van der Waals surface area contributed by atoms with E-state index in [2.05, 4.69) is 11.1 Å². The topological polar surface area (TPSA) is 114 Å². The number of nitrogen functional groups attached to an aromatic ring is 1. The van der Waals surface area contributed by atoms with Gasteiger partial charge in [0.2, 0.25) is 5.91 Å². The molecule has 0 radical (unpaired) electrons. The minimum Gasteiger partial charge on any atom is -0.385 e. The predicted octanol–water partition coefficient (Wildman–Crippen LogP) is 1.59. The van der Waals surface area contributed by atoms with E-state index >= 15 is 0 Å². The highest BCUT2D eigenvalue weighted by Crippen LogP contribution is 2.21. The Labute approximate surface area is 203 Å². The van der Waals surface area contributed by atoms with Gasteiger partial charge in [0.25, 0.3) is 5.56 Å². The van der Waals surface area contributed by atoms with E-state index in [1.807, 2.05) is 48.5 Å². The second kappa shape index (κ2) is 11.1. The molecule has 0 spiro atoms. The van der Waals surface area contributed by atoms with Gasteiger partial charge in [-0.1, -0.05) is 54.6 Å². The number of carbonyl (C=O) groups is 1. The van der Waals surface area contributed by atoms with Gasteiger partial charge in [-0.3, -0.25) is 19.1 Å². The molecular formula is C26H31N5O4. The Morgan fingerprint density at radius 3 is 2.54 bits per heavy atom. The molecule has 0 bridgehead atoms. The number of aromatic nitrogens is 2. The molecule has 9 heteroatoms. The van der Waals surface area contributed by atoms with Crippen LogP contribution < -0.4 is 21.9 Å². The largest absolute Gasteiger partial charge is 0.385 e. The molecule has 1 amide bonds. The first-order valence-electron chi connectivity index (χ1n) is 11.7. The number of H-pyrrole nitrogens is 1. The number of ether oxygens (including phenoxy) is 1. The van der Waals surface area contributed by atoms with E-state index in [1.165, 1.54) is 10.1 Å². The summed E-state index contributed by atoms with van der Waals surface area (Å²) in [5, 5.41) is 0. The summed E-state index contributed by atoms with van der Waals surface area (Å²) in [6, 6.07) is 17.5. The third kappa shape index (κ3) is 5.63. The van der Waals surface area contributed by atoms with Gasteiger partial charge in [0.1, 0.15) is 11.5 Å². The highest BCUT2D eigenvalue weighted by atomic mass is 16.5. The van der Waals surface area contributed by atoms with Gasteiger partial charge in [0, 0.05) is 33.4 Å². The summed E-state index contributed by atoms with van der Waals surface area (Å²) in [5.41, 5.74) is 8.59. The maximum absolute atomic E-state index is 13.3. The fourth-order valence-corrected chi connectivity index (χ4v) is 4.45. The van der Waals surface area contributed by atoms with Crippen molar-refractivity contribution < 1.29 is 9.53 Å². The number of nitrogens with two attached hydrogens (primary N) is 1. The minimum atomic E-state index is -0.606. The molecule has 1 aliphatic heterocycles. The van der Waals surface area contributed by atoms with Gasteiger partial charge in [-0.2, -0.15) is 0 Å². The first kappa shape index (κ1) is 24.3. The van der Waals surface area contributed by atoms with E-state index in [-0.39, 0.29) is 30.5 Å². The highest BCUT2D eigenvalue weighted by Gasteiger charge is 2.25. The monoisotopic (exact) mass is 477 g/mol. The number of nitrogens with one attached hydrogen (secondary N) is 1. The molecule has 184 valence electrons. The lowest BCUT2D eigenvalue weighted by molar-refractivity contribution is -0.130. The minimum absolute atomic E-state index is 0.0251. The first-order valence-corrected chi connectivity index (χ1v) is 11.7. The normalized spacial score (nSPS) is 12.9. The Morgan fingerprint density at radius 2 is 1.80 bits per heavy atom. The summed E-state index contributed by atoms with van der Waals surface area (Å²) in [4.78, 5) is 44.7. The maximum Gasteiger partial charge on any atom is 0.330 e. The second-order valence-electron chi connectivity index (χ2n) is 8.67. The van der Waals surface area contributed by atoms with Gasteiger partial charge < -0.3 is 20.3 Å². The van der Waals surface area contributed by atoms with Crippen LogP contribution in [0, 0.1) is 0 Å². The second-order valence-corrected chi connectivity index (χ2v) is 8.67. The van der Waals surface area contributed by atoms with Crippen molar-refractivity contribution in [3.63, 3.8) is 0 Å².